The summed E-state index contributed by atoms with van der Waals surface area (Å²) in [4.78, 5) is 21.1. The van der Waals surface area contributed by atoms with Gasteiger partial charge in [0.15, 0.2) is 5.16 Å². The van der Waals surface area contributed by atoms with Crippen LogP contribution in [0.2, 0.25) is 0 Å². The fourth-order valence-corrected chi connectivity index (χ4v) is 7.33. The maximum absolute atomic E-state index is 13.6. The van der Waals surface area contributed by atoms with Gasteiger partial charge in [-0.25, -0.2) is 4.98 Å². The van der Waals surface area contributed by atoms with Crippen molar-refractivity contribution in [2.24, 2.45) is 0 Å². The monoisotopic (exact) mass is 404 g/mol. The Morgan fingerprint density at radius 1 is 1.07 bits per heavy atom. The van der Waals surface area contributed by atoms with Gasteiger partial charge in [0.25, 0.3) is 5.56 Å². The Bertz CT molecular complexity index is 876. The number of thiophene rings is 1. The molecule has 0 amide bonds. The highest BCUT2D eigenvalue weighted by Crippen LogP contribution is 2.37. The van der Waals surface area contributed by atoms with Crippen LogP contribution in [0.5, 0.6) is 0 Å². The SMILES string of the molecule is O=c1c2c3c(sc2nc(SC[C@@H]2CCCCO2)n1C1CCCC1)CCCC3. The number of hydrogen-bond acceptors (Lipinski definition) is 5. The molecule has 2 aromatic rings. The lowest BCUT2D eigenvalue weighted by Crippen LogP contribution is -2.28. The van der Waals surface area contributed by atoms with Crippen LogP contribution in [0.3, 0.4) is 0 Å². The maximum Gasteiger partial charge on any atom is 0.263 e. The van der Waals surface area contributed by atoms with Crippen molar-refractivity contribution in [2.45, 2.75) is 87.9 Å². The van der Waals surface area contributed by atoms with E-state index in [9.17, 15) is 4.79 Å². The second-order valence-electron chi connectivity index (χ2n) is 8.20. The number of fused-ring (bicyclic) bond motifs is 3. The van der Waals surface area contributed by atoms with E-state index in [-0.39, 0.29) is 5.56 Å². The molecule has 4 nitrogen and oxygen atoms in total. The van der Waals surface area contributed by atoms with Gasteiger partial charge in [-0.05, 0) is 63.4 Å². The van der Waals surface area contributed by atoms with Crippen molar-refractivity contribution in [1.29, 1.82) is 0 Å². The molecule has 0 unspecified atom stereocenters. The van der Waals surface area contributed by atoms with Gasteiger partial charge in [0, 0.05) is 23.3 Å². The second kappa shape index (κ2) is 7.88. The smallest absolute Gasteiger partial charge is 0.263 e. The lowest BCUT2D eigenvalue weighted by atomic mass is 9.97. The first kappa shape index (κ1) is 18.2. The first-order chi connectivity index (χ1) is 13.3. The number of nitrogens with zero attached hydrogens (tertiary/aromatic N) is 2. The topological polar surface area (TPSA) is 44.1 Å². The van der Waals surface area contributed by atoms with E-state index in [0.29, 0.717) is 12.1 Å². The Kier molecular flexibility index (Phi) is 5.31. The van der Waals surface area contributed by atoms with Gasteiger partial charge >= 0.3 is 0 Å². The lowest BCUT2D eigenvalue weighted by Gasteiger charge is -2.23. The first-order valence-corrected chi connectivity index (χ1v) is 12.4. The largest absolute Gasteiger partial charge is 0.377 e. The van der Waals surface area contributed by atoms with Crippen molar-refractivity contribution in [1.82, 2.24) is 9.55 Å². The van der Waals surface area contributed by atoms with E-state index < -0.39 is 0 Å². The summed E-state index contributed by atoms with van der Waals surface area (Å²) in [6.07, 6.45) is 13.2. The first-order valence-electron chi connectivity index (χ1n) is 10.6. The minimum Gasteiger partial charge on any atom is -0.377 e. The number of aryl methyl sites for hydroxylation is 2. The molecule has 27 heavy (non-hydrogen) atoms. The molecule has 0 N–H and O–H groups in total. The highest BCUT2D eigenvalue weighted by molar-refractivity contribution is 7.99. The number of rotatable bonds is 4. The molecular formula is C21H28N2O2S2. The fourth-order valence-electron chi connectivity index (χ4n) is 4.89. The molecule has 1 saturated heterocycles. The van der Waals surface area contributed by atoms with Gasteiger partial charge < -0.3 is 4.74 Å². The molecule has 0 bridgehead atoms. The molecule has 1 aliphatic heterocycles. The Labute approximate surface area is 168 Å². The zero-order valence-electron chi connectivity index (χ0n) is 15.9. The van der Waals surface area contributed by atoms with Crippen LogP contribution in [0, 0.1) is 0 Å². The van der Waals surface area contributed by atoms with Crippen LogP contribution in [-0.4, -0.2) is 28.0 Å². The molecule has 3 heterocycles. The van der Waals surface area contributed by atoms with Crippen molar-refractivity contribution >= 4 is 33.3 Å². The summed E-state index contributed by atoms with van der Waals surface area (Å²) in [5, 5.41) is 1.88. The third kappa shape index (κ3) is 3.49. The van der Waals surface area contributed by atoms with Crippen LogP contribution in [0.25, 0.3) is 10.2 Å². The van der Waals surface area contributed by atoms with Crippen LogP contribution in [0.1, 0.15) is 74.3 Å². The number of thioether (sulfide) groups is 1. The van der Waals surface area contributed by atoms with E-state index in [4.69, 9.17) is 9.72 Å². The number of aromatic nitrogens is 2. The molecule has 0 aromatic carbocycles. The van der Waals surface area contributed by atoms with Crippen LogP contribution >= 0.6 is 23.1 Å². The molecule has 2 aromatic heterocycles. The molecule has 0 spiro atoms. The maximum atomic E-state index is 13.6. The van der Waals surface area contributed by atoms with Gasteiger partial charge in [0.1, 0.15) is 4.83 Å². The third-order valence-corrected chi connectivity index (χ3v) is 8.62. The molecule has 146 valence electrons. The third-order valence-electron chi connectivity index (χ3n) is 6.35. The van der Waals surface area contributed by atoms with Gasteiger partial charge in [-0.1, -0.05) is 24.6 Å². The van der Waals surface area contributed by atoms with E-state index in [1.54, 1.807) is 23.1 Å². The lowest BCUT2D eigenvalue weighted by molar-refractivity contribution is 0.0315. The second-order valence-corrected chi connectivity index (χ2v) is 10.3. The zero-order valence-corrected chi connectivity index (χ0v) is 17.5. The van der Waals surface area contributed by atoms with E-state index >= 15 is 0 Å². The Morgan fingerprint density at radius 3 is 2.70 bits per heavy atom. The number of hydrogen-bond donors (Lipinski definition) is 0. The van der Waals surface area contributed by atoms with Gasteiger partial charge in [-0.3, -0.25) is 9.36 Å². The quantitative estimate of drug-likeness (QED) is 0.524. The van der Waals surface area contributed by atoms with Gasteiger partial charge in [0.2, 0.25) is 0 Å². The summed E-state index contributed by atoms with van der Waals surface area (Å²) in [7, 11) is 0. The molecule has 1 saturated carbocycles. The Morgan fingerprint density at radius 2 is 1.89 bits per heavy atom. The summed E-state index contributed by atoms with van der Waals surface area (Å²) in [5.74, 6) is 0.912. The van der Waals surface area contributed by atoms with E-state index in [0.717, 1.165) is 59.8 Å². The minimum absolute atomic E-state index is 0.235. The zero-order chi connectivity index (χ0) is 18.2. The van der Waals surface area contributed by atoms with E-state index in [1.165, 1.54) is 49.0 Å². The van der Waals surface area contributed by atoms with Gasteiger partial charge in [-0.15, -0.1) is 11.3 Å². The molecule has 5 rings (SSSR count). The van der Waals surface area contributed by atoms with E-state index in [2.05, 4.69) is 4.57 Å². The minimum atomic E-state index is 0.235. The summed E-state index contributed by atoms with van der Waals surface area (Å²) >= 11 is 3.52. The molecule has 0 radical (unpaired) electrons. The molecule has 2 fully saturated rings. The molecule has 2 aliphatic carbocycles. The summed E-state index contributed by atoms with van der Waals surface area (Å²) < 4.78 is 7.99. The van der Waals surface area contributed by atoms with Gasteiger partial charge in [-0.2, -0.15) is 0 Å². The van der Waals surface area contributed by atoms with Crippen LogP contribution in [0.15, 0.2) is 9.95 Å². The summed E-state index contributed by atoms with van der Waals surface area (Å²) in [5.41, 5.74) is 1.55. The van der Waals surface area contributed by atoms with Gasteiger partial charge in [0.05, 0.1) is 11.5 Å². The molecule has 3 aliphatic rings. The van der Waals surface area contributed by atoms with Crippen molar-refractivity contribution in [3.05, 3.63) is 20.8 Å². The summed E-state index contributed by atoms with van der Waals surface area (Å²) in [6, 6.07) is 0.336. The van der Waals surface area contributed by atoms with Crippen molar-refractivity contribution in [3.8, 4) is 0 Å². The Balaban J connectivity index is 1.55. The normalized spacial score (nSPS) is 23.8. The Hall–Kier alpha value is -0.850. The van der Waals surface area contributed by atoms with Crippen molar-refractivity contribution < 1.29 is 4.74 Å². The summed E-state index contributed by atoms with van der Waals surface area (Å²) in [6.45, 7) is 0.880. The van der Waals surface area contributed by atoms with Crippen LogP contribution in [0.4, 0.5) is 0 Å². The van der Waals surface area contributed by atoms with Crippen LogP contribution in [-0.2, 0) is 17.6 Å². The molecule has 1 atom stereocenters. The standard InChI is InChI=1S/C21H28N2O2S2/c24-20-18-16-10-3-4-11-17(16)27-19(18)22-21(23(20)14-7-1-2-8-14)26-13-15-9-5-6-12-25-15/h14-15H,1-13H2/t15-/m0/s1. The average Bonchev–Trinajstić information content (AvgIpc) is 3.34. The molecule has 6 heteroatoms. The predicted molar refractivity (Wildman–Crippen MR) is 112 cm³/mol. The van der Waals surface area contributed by atoms with Crippen molar-refractivity contribution in [3.63, 3.8) is 0 Å². The molecular weight excluding hydrogens is 376 g/mol. The predicted octanol–water partition coefficient (Wildman–Crippen LogP) is 5.11. The highest BCUT2D eigenvalue weighted by atomic mass is 32.2. The average molecular weight is 405 g/mol. The number of ether oxygens (including phenoxy) is 1. The highest BCUT2D eigenvalue weighted by Gasteiger charge is 2.27. The van der Waals surface area contributed by atoms with Crippen LogP contribution < -0.4 is 5.56 Å². The van der Waals surface area contributed by atoms with E-state index in [1.807, 2.05) is 0 Å². The van der Waals surface area contributed by atoms with Crippen molar-refractivity contribution in [2.75, 3.05) is 12.4 Å². The fraction of sp³-hybridized carbons (Fsp3) is 0.714.